The number of rotatable bonds is 5. The summed E-state index contributed by atoms with van der Waals surface area (Å²) in [6, 6.07) is 17.4. The summed E-state index contributed by atoms with van der Waals surface area (Å²) < 4.78 is 19.7. The first-order valence-electron chi connectivity index (χ1n) is 9.94. The second kappa shape index (κ2) is 9.39. The van der Waals surface area contributed by atoms with Crippen LogP contribution in [0.4, 0.5) is 4.39 Å². The van der Waals surface area contributed by atoms with Crippen molar-refractivity contribution in [3.05, 3.63) is 92.7 Å². The van der Waals surface area contributed by atoms with Crippen LogP contribution in [0.1, 0.15) is 42.2 Å². The van der Waals surface area contributed by atoms with E-state index in [1.54, 1.807) is 30.3 Å². The highest BCUT2D eigenvalue weighted by atomic mass is 79.9. The molecule has 0 radical (unpaired) electrons. The van der Waals surface area contributed by atoms with Crippen LogP contribution in [0.2, 0.25) is 5.02 Å². The summed E-state index contributed by atoms with van der Waals surface area (Å²) in [4.78, 5) is 4.90. The second-order valence-electron chi connectivity index (χ2n) is 7.24. The molecule has 0 fully saturated rings. The molecular weight excluding hydrogens is 483 g/mol. The Morgan fingerprint density at radius 3 is 2.65 bits per heavy atom. The Hall–Kier alpha value is -2.41. The largest absolute Gasteiger partial charge is 0.508 e. The minimum Gasteiger partial charge on any atom is -0.508 e. The number of hydrogen-bond acceptors (Lipinski definition) is 4. The van der Waals surface area contributed by atoms with E-state index in [9.17, 15) is 9.50 Å². The molecule has 0 saturated heterocycles. The van der Waals surface area contributed by atoms with Gasteiger partial charge in [-0.05, 0) is 88.6 Å². The van der Waals surface area contributed by atoms with E-state index in [4.69, 9.17) is 21.3 Å². The van der Waals surface area contributed by atoms with E-state index in [0.29, 0.717) is 28.1 Å². The quantitative estimate of drug-likeness (QED) is 0.414. The third kappa shape index (κ3) is 4.92. The molecule has 7 heteroatoms. The highest BCUT2D eigenvalue weighted by Gasteiger charge is 2.28. The number of hydrogen-bond donors (Lipinski definition) is 2. The number of ether oxygens (including phenoxy) is 1. The first kappa shape index (κ1) is 21.8. The summed E-state index contributed by atoms with van der Waals surface area (Å²) in [6.45, 7) is 2.54. The van der Waals surface area contributed by atoms with Crippen LogP contribution in [0.15, 0.2) is 70.1 Å². The van der Waals surface area contributed by atoms with Gasteiger partial charge in [0.05, 0.1) is 11.1 Å². The fraction of sp³-hybridized carbons (Fsp3) is 0.208. The van der Waals surface area contributed by atoms with E-state index in [1.807, 2.05) is 31.2 Å². The normalized spacial score (nSPS) is 18.5. The summed E-state index contributed by atoms with van der Waals surface area (Å²) in [5.74, 6) is 0.622. The summed E-state index contributed by atoms with van der Waals surface area (Å²) in [7, 11) is 0. The Morgan fingerprint density at radius 1 is 1.16 bits per heavy atom. The zero-order chi connectivity index (χ0) is 22.0. The molecule has 3 aromatic rings. The second-order valence-corrected chi connectivity index (χ2v) is 8.53. The number of aliphatic imine (C=N–C) groups is 1. The summed E-state index contributed by atoms with van der Waals surface area (Å²) in [5.41, 5.74) is 3.33. The molecule has 160 valence electrons. The number of aromatic hydroxyl groups is 1. The van der Waals surface area contributed by atoms with Gasteiger partial charge in [-0.15, -0.1) is 0 Å². The first-order valence-corrected chi connectivity index (χ1v) is 11.1. The fourth-order valence-electron chi connectivity index (χ4n) is 3.65. The van der Waals surface area contributed by atoms with Crippen molar-refractivity contribution in [2.75, 3.05) is 6.61 Å². The molecule has 2 atom stereocenters. The average molecular weight is 504 g/mol. The smallest absolute Gasteiger partial charge is 0.137 e. The van der Waals surface area contributed by atoms with E-state index in [1.165, 1.54) is 6.07 Å². The topological polar surface area (TPSA) is 53.8 Å². The highest BCUT2D eigenvalue weighted by Crippen LogP contribution is 2.36. The van der Waals surface area contributed by atoms with Gasteiger partial charge >= 0.3 is 0 Å². The molecule has 31 heavy (non-hydrogen) atoms. The van der Waals surface area contributed by atoms with Crippen LogP contribution in [0, 0.1) is 5.82 Å². The van der Waals surface area contributed by atoms with Gasteiger partial charge in [-0.25, -0.2) is 4.39 Å². The molecule has 0 aliphatic carbocycles. The molecule has 0 spiro atoms. The average Bonchev–Trinajstić information content (AvgIpc) is 2.78. The molecule has 2 N–H and O–H groups in total. The van der Waals surface area contributed by atoms with E-state index in [0.717, 1.165) is 22.6 Å². The first-order chi connectivity index (χ1) is 14.9. The van der Waals surface area contributed by atoms with E-state index in [-0.39, 0.29) is 17.6 Å². The van der Waals surface area contributed by atoms with Crippen LogP contribution < -0.4 is 10.1 Å². The molecule has 1 aliphatic heterocycles. The predicted octanol–water partition coefficient (Wildman–Crippen LogP) is 6.57. The number of phenolic OH excluding ortho intramolecular Hbond substituents is 1. The lowest BCUT2D eigenvalue weighted by molar-refractivity contribution is 0.340. The maximum atomic E-state index is 13.8. The van der Waals surface area contributed by atoms with Crippen molar-refractivity contribution >= 4 is 33.2 Å². The summed E-state index contributed by atoms with van der Waals surface area (Å²) in [6.07, 6.45) is 0.136. The van der Waals surface area contributed by atoms with Gasteiger partial charge in [-0.1, -0.05) is 17.7 Å². The molecule has 0 aromatic heterocycles. The van der Waals surface area contributed by atoms with Crippen molar-refractivity contribution in [2.24, 2.45) is 4.99 Å². The number of phenols is 1. The van der Waals surface area contributed by atoms with Crippen molar-refractivity contribution in [3.8, 4) is 11.5 Å². The molecule has 0 saturated carbocycles. The Balaban J connectivity index is 1.74. The Kier molecular flexibility index (Phi) is 6.60. The van der Waals surface area contributed by atoms with E-state index >= 15 is 0 Å². The van der Waals surface area contributed by atoms with Crippen LogP contribution in [-0.2, 0) is 0 Å². The number of benzene rings is 3. The van der Waals surface area contributed by atoms with Gasteiger partial charge in [0, 0.05) is 28.8 Å². The molecule has 4 nitrogen and oxygen atoms in total. The molecule has 0 bridgehead atoms. The Bertz CT molecular complexity index is 1120. The summed E-state index contributed by atoms with van der Waals surface area (Å²) >= 11 is 9.45. The lowest BCUT2D eigenvalue weighted by Crippen LogP contribution is -2.33. The molecule has 1 heterocycles. The van der Waals surface area contributed by atoms with Crippen molar-refractivity contribution in [1.82, 2.24) is 5.32 Å². The lowest BCUT2D eigenvalue weighted by Gasteiger charge is -2.31. The highest BCUT2D eigenvalue weighted by molar-refractivity contribution is 9.10. The maximum Gasteiger partial charge on any atom is 0.137 e. The van der Waals surface area contributed by atoms with Crippen molar-refractivity contribution in [3.63, 3.8) is 0 Å². The monoisotopic (exact) mass is 502 g/mol. The summed E-state index contributed by atoms with van der Waals surface area (Å²) in [5, 5.41) is 14.5. The lowest BCUT2D eigenvalue weighted by atomic mass is 9.93. The maximum absolute atomic E-state index is 13.8. The van der Waals surface area contributed by atoms with Gasteiger partial charge in [0.2, 0.25) is 0 Å². The van der Waals surface area contributed by atoms with Gasteiger partial charge in [-0.2, -0.15) is 0 Å². The molecule has 0 amide bonds. The van der Waals surface area contributed by atoms with Crippen LogP contribution in [0.3, 0.4) is 0 Å². The predicted molar refractivity (Wildman–Crippen MR) is 125 cm³/mol. The third-order valence-corrected chi connectivity index (χ3v) is 6.01. The number of nitrogens with zero attached hydrogens (tertiary/aromatic N) is 1. The van der Waals surface area contributed by atoms with Crippen molar-refractivity contribution < 1.29 is 14.2 Å². The van der Waals surface area contributed by atoms with Gasteiger partial charge in [-0.3, -0.25) is 10.3 Å². The fourth-order valence-corrected chi connectivity index (χ4v) is 4.23. The minimum absolute atomic E-state index is 0.161. The zero-order valence-corrected chi connectivity index (χ0v) is 19.1. The standard InChI is InChI=1S/C24H21BrClFN2O2/c1-2-31-17-7-3-14(4-8-17)21-13-22(18-12-16(26)6-10-23(18)30)29-24(28-21)15-5-9-20(27)19(25)11-15/h3-12,22,24,29-30H,2,13H2,1H3/t22-,24-/m0/s1. The van der Waals surface area contributed by atoms with Crippen molar-refractivity contribution in [2.45, 2.75) is 25.6 Å². The van der Waals surface area contributed by atoms with Crippen molar-refractivity contribution in [1.29, 1.82) is 0 Å². The number of nitrogens with one attached hydrogen (secondary N) is 1. The van der Waals surface area contributed by atoms with Gasteiger partial charge in [0.25, 0.3) is 0 Å². The van der Waals surface area contributed by atoms with Crippen LogP contribution in [0.5, 0.6) is 11.5 Å². The molecule has 0 unspecified atom stereocenters. The van der Waals surface area contributed by atoms with Crippen LogP contribution in [0.25, 0.3) is 0 Å². The number of halogens is 3. The molecule has 4 rings (SSSR count). The third-order valence-electron chi connectivity index (χ3n) is 5.16. The molecular formula is C24H21BrClFN2O2. The van der Waals surface area contributed by atoms with Crippen LogP contribution in [-0.4, -0.2) is 17.4 Å². The van der Waals surface area contributed by atoms with Gasteiger partial charge < -0.3 is 9.84 Å². The Labute approximate surface area is 193 Å². The Morgan fingerprint density at radius 2 is 1.94 bits per heavy atom. The minimum atomic E-state index is -0.421. The van der Waals surface area contributed by atoms with Crippen LogP contribution >= 0.6 is 27.5 Å². The van der Waals surface area contributed by atoms with E-state index < -0.39 is 6.17 Å². The van der Waals surface area contributed by atoms with E-state index in [2.05, 4.69) is 21.2 Å². The molecule has 1 aliphatic rings. The van der Waals surface area contributed by atoms with Gasteiger partial charge in [0.15, 0.2) is 0 Å². The SMILES string of the molecule is CCOc1ccc(C2=N[C@H](c3ccc(F)c(Br)c3)N[C@H](c3cc(Cl)ccc3O)C2)cc1. The molecule has 3 aromatic carbocycles. The van der Waals surface area contributed by atoms with Gasteiger partial charge in [0.1, 0.15) is 23.5 Å². The zero-order valence-electron chi connectivity index (χ0n) is 16.8.